The van der Waals surface area contributed by atoms with E-state index in [1.807, 2.05) is 27.7 Å². The van der Waals surface area contributed by atoms with E-state index < -0.39 is 11.6 Å². The highest BCUT2D eigenvalue weighted by Gasteiger charge is 2.47. The minimum absolute atomic E-state index is 0.0292. The molecule has 1 rings (SSSR count). The molecule has 1 fully saturated rings. The maximum atomic E-state index is 12.7. The van der Waals surface area contributed by atoms with Crippen LogP contribution >= 0.6 is 0 Å². The second-order valence-electron chi connectivity index (χ2n) is 6.17. The van der Waals surface area contributed by atoms with Crippen LogP contribution in [0.2, 0.25) is 0 Å². The van der Waals surface area contributed by atoms with Crippen LogP contribution in [-0.4, -0.2) is 47.6 Å². The summed E-state index contributed by atoms with van der Waals surface area (Å²) in [5.74, 6) is -0.0370. The van der Waals surface area contributed by atoms with Crippen LogP contribution in [0.15, 0.2) is 0 Å². The lowest BCUT2D eigenvalue weighted by molar-refractivity contribution is -0.155. The Kier molecular flexibility index (Phi) is 5.19. The molecule has 1 heterocycles. The number of hydrogen-bond acceptors (Lipinski definition) is 3. The molecule has 0 saturated carbocycles. The number of amides is 2. The first kappa shape index (κ1) is 17.0. The predicted molar refractivity (Wildman–Crippen MR) is 78.3 cm³/mol. The molecule has 1 saturated heterocycles. The molecular formula is C15H28N2O3. The first-order chi connectivity index (χ1) is 9.23. The van der Waals surface area contributed by atoms with Crippen molar-refractivity contribution >= 4 is 11.8 Å². The zero-order valence-electron chi connectivity index (χ0n) is 13.6. The van der Waals surface area contributed by atoms with Crippen molar-refractivity contribution < 1.29 is 14.3 Å². The lowest BCUT2D eigenvalue weighted by Crippen LogP contribution is -2.69. The number of nitrogens with one attached hydrogen (secondary N) is 1. The molecule has 1 aliphatic rings. The van der Waals surface area contributed by atoms with Gasteiger partial charge in [-0.2, -0.15) is 0 Å². The van der Waals surface area contributed by atoms with Crippen LogP contribution in [0.25, 0.3) is 0 Å². The molecule has 0 spiro atoms. The molecule has 1 atom stereocenters. The minimum atomic E-state index is -0.735. The number of ether oxygens (including phenoxy) is 1. The fourth-order valence-electron chi connectivity index (χ4n) is 2.50. The molecule has 0 aromatic heterocycles. The average Bonchev–Trinajstić information content (AvgIpc) is 2.43. The zero-order chi connectivity index (χ0) is 15.6. The fraction of sp³-hybridized carbons (Fsp3) is 0.867. The molecule has 5 nitrogen and oxygen atoms in total. The third kappa shape index (κ3) is 3.14. The van der Waals surface area contributed by atoms with Crippen LogP contribution in [-0.2, 0) is 14.3 Å². The van der Waals surface area contributed by atoms with Gasteiger partial charge in [-0.25, -0.2) is 0 Å². The highest BCUT2D eigenvalue weighted by atomic mass is 16.5. The summed E-state index contributed by atoms with van der Waals surface area (Å²) in [7, 11) is 1.66. The summed E-state index contributed by atoms with van der Waals surface area (Å²) in [6.45, 7) is 10.2. The van der Waals surface area contributed by atoms with Crippen molar-refractivity contribution in [1.82, 2.24) is 10.2 Å². The smallest absolute Gasteiger partial charge is 0.248 e. The van der Waals surface area contributed by atoms with Crippen molar-refractivity contribution in [2.75, 3.05) is 13.7 Å². The zero-order valence-corrected chi connectivity index (χ0v) is 13.6. The third-order valence-corrected chi connectivity index (χ3v) is 4.59. The van der Waals surface area contributed by atoms with Gasteiger partial charge in [0.2, 0.25) is 11.8 Å². The van der Waals surface area contributed by atoms with Gasteiger partial charge in [0.25, 0.3) is 0 Å². The number of carbonyl (C=O) groups is 2. The van der Waals surface area contributed by atoms with E-state index in [2.05, 4.69) is 5.32 Å². The topological polar surface area (TPSA) is 58.6 Å². The Bertz CT molecular complexity index is 375. The summed E-state index contributed by atoms with van der Waals surface area (Å²) < 4.78 is 5.39. The summed E-state index contributed by atoms with van der Waals surface area (Å²) in [4.78, 5) is 26.6. The standard InChI is InChI=1S/C15H28N2O3/c1-7-15(8-2)13(19)17(11(3)12(18)16-15)10-9-14(4,5)20-6/h11H,7-10H2,1-6H3,(H,16,18). The number of methoxy groups -OCH3 is 1. The van der Waals surface area contributed by atoms with E-state index in [9.17, 15) is 9.59 Å². The van der Waals surface area contributed by atoms with Gasteiger partial charge in [-0.15, -0.1) is 0 Å². The number of carbonyl (C=O) groups excluding carboxylic acids is 2. The highest BCUT2D eigenvalue weighted by Crippen LogP contribution is 2.26. The molecule has 0 bridgehead atoms. The van der Waals surface area contributed by atoms with Crippen LogP contribution < -0.4 is 5.32 Å². The minimum Gasteiger partial charge on any atom is -0.379 e. The maximum absolute atomic E-state index is 12.7. The quantitative estimate of drug-likeness (QED) is 0.808. The molecule has 0 aromatic carbocycles. The van der Waals surface area contributed by atoms with Crippen molar-refractivity contribution in [3.63, 3.8) is 0 Å². The summed E-state index contributed by atoms with van der Waals surface area (Å²) >= 11 is 0. The van der Waals surface area contributed by atoms with Gasteiger partial charge in [-0.3, -0.25) is 9.59 Å². The molecule has 0 aliphatic carbocycles. The number of nitrogens with zero attached hydrogens (tertiary/aromatic N) is 1. The van der Waals surface area contributed by atoms with E-state index in [0.29, 0.717) is 25.8 Å². The average molecular weight is 284 g/mol. The summed E-state index contributed by atoms with van der Waals surface area (Å²) in [5, 5.41) is 2.91. The summed E-state index contributed by atoms with van der Waals surface area (Å²) in [6, 6.07) is -0.415. The largest absolute Gasteiger partial charge is 0.379 e. The SMILES string of the molecule is CCC1(CC)NC(=O)C(C)N(CCC(C)(C)OC)C1=O. The van der Waals surface area contributed by atoms with E-state index in [4.69, 9.17) is 4.74 Å². The lowest BCUT2D eigenvalue weighted by Gasteiger charge is -2.45. The van der Waals surface area contributed by atoms with Gasteiger partial charge in [0.15, 0.2) is 0 Å². The van der Waals surface area contributed by atoms with Crippen LogP contribution in [0.5, 0.6) is 0 Å². The van der Waals surface area contributed by atoms with Crippen LogP contribution in [0.4, 0.5) is 0 Å². The summed E-state index contributed by atoms with van der Waals surface area (Å²) in [5.41, 5.74) is -1.03. The Labute approximate surface area is 122 Å². The van der Waals surface area contributed by atoms with Crippen molar-refractivity contribution in [2.24, 2.45) is 0 Å². The Morgan fingerprint density at radius 2 is 1.85 bits per heavy atom. The molecular weight excluding hydrogens is 256 g/mol. The molecule has 1 aliphatic heterocycles. The van der Waals surface area contributed by atoms with E-state index in [1.165, 1.54) is 0 Å². The van der Waals surface area contributed by atoms with Crippen LogP contribution in [0.3, 0.4) is 0 Å². The number of rotatable bonds is 6. The van der Waals surface area contributed by atoms with Crippen molar-refractivity contribution in [2.45, 2.75) is 71.1 Å². The molecule has 1 N–H and O–H groups in total. The Morgan fingerprint density at radius 1 is 1.30 bits per heavy atom. The van der Waals surface area contributed by atoms with Crippen molar-refractivity contribution in [1.29, 1.82) is 0 Å². The Hall–Kier alpha value is -1.10. The summed E-state index contributed by atoms with van der Waals surface area (Å²) in [6.07, 6.45) is 1.94. The van der Waals surface area contributed by atoms with Crippen molar-refractivity contribution in [3.05, 3.63) is 0 Å². The maximum Gasteiger partial charge on any atom is 0.248 e. The van der Waals surface area contributed by atoms with E-state index >= 15 is 0 Å². The van der Waals surface area contributed by atoms with Gasteiger partial charge < -0.3 is 15.0 Å². The number of hydrogen-bond donors (Lipinski definition) is 1. The monoisotopic (exact) mass is 284 g/mol. The van der Waals surface area contributed by atoms with E-state index in [0.717, 1.165) is 0 Å². The number of piperazine rings is 1. The van der Waals surface area contributed by atoms with Gasteiger partial charge >= 0.3 is 0 Å². The third-order valence-electron chi connectivity index (χ3n) is 4.59. The normalized spacial score (nSPS) is 22.9. The Morgan fingerprint density at radius 3 is 2.30 bits per heavy atom. The Balaban J connectivity index is 2.91. The van der Waals surface area contributed by atoms with Crippen molar-refractivity contribution in [3.8, 4) is 0 Å². The van der Waals surface area contributed by atoms with E-state index in [-0.39, 0.29) is 17.4 Å². The van der Waals surface area contributed by atoms with Gasteiger partial charge in [0.05, 0.1) is 5.60 Å². The molecule has 1 unspecified atom stereocenters. The van der Waals surface area contributed by atoms with Crippen LogP contribution in [0.1, 0.15) is 53.9 Å². The second-order valence-corrected chi connectivity index (χ2v) is 6.17. The molecule has 0 aromatic rings. The lowest BCUT2D eigenvalue weighted by atomic mass is 9.87. The van der Waals surface area contributed by atoms with Gasteiger partial charge in [-0.1, -0.05) is 13.8 Å². The highest BCUT2D eigenvalue weighted by molar-refractivity contribution is 5.99. The molecule has 20 heavy (non-hydrogen) atoms. The second kappa shape index (κ2) is 6.12. The van der Waals surface area contributed by atoms with Gasteiger partial charge in [0, 0.05) is 13.7 Å². The van der Waals surface area contributed by atoms with E-state index in [1.54, 1.807) is 18.9 Å². The first-order valence-electron chi connectivity index (χ1n) is 7.41. The fourth-order valence-corrected chi connectivity index (χ4v) is 2.50. The van der Waals surface area contributed by atoms with Gasteiger partial charge in [-0.05, 0) is 40.0 Å². The predicted octanol–water partition coefficient (Wildman–Crippen LogP) is 1.71. The molecule has 2 amide bonds. The molecule has 0 radical (unpaired) electrons. The molecule has 116 valence electrons. The van der Waals surface area contributed by atoms with Gasteiger partial charge in [0.1, 0.15) is 11.6 Å². The molecule has 5 heteroatoms. The van der Waals surface area contributed by atoms with Crippen LogP contribution in [0, 0.1) is 0 Å². The first-order valence-corrected chi connectivity index (χ1v) is 7.41.